The SMILES string of the molecule is CC(C)n1cnc2c(NCc3ccc(-c4cccc(F)c4)nc3)nc(NC3CCC(NC(=O)[C@H](C)N)CC3)nc21. The Morgan fingerprint density at radius 3 is 2.52 bits per heavy atom. The summed E-state index contributed by atoms with van der Waals surface area (Å²) >= 11 is 0. The molecule has 0 unspecified atom stereocenters. The first-order valence-corrected chi connectivity index (χ1v) is 13.8. The minimum atomic E-state index is -0.505. The molecule has 1 atom stereocenters. The fraction of sp³-hybridized carbons (Fsp3) is 0.414. The Hall–Kier alpha value is -4.12. The zero-order chi connectivity index (χ0) is 28.2. The number of nitrogens with two attached hydrogens (primary N) is 1. The van der Waals surface area contributed by atoms with Crippen LogP contribution in [0.25, 0.3) is 22.4 Å². The molecule has 0 spiro atoms. The van der Waals surface area contributed by atoms with Crippen LogP contribution in [-0.4, -0.2) is 48.5 Å². The molecule has 40 heavy (non-hydrogen) atoms. The highest BCUT2D eigenvalue weighted by Gasteiger charge is 2.24. The van der Waals surface area contributed by atoms with Crippen LogP contribution in [0.1, 0.15) is 58.1 Å². The number of amides is 1. The Kier molecular flexibility index (Phi) is 8.20. The summed E-state index contributed by atoms with van der Waals surface area (Å²) in [4.78, 5) is 30.7. The number of rotatable bonds is 9. The van der Waals surface area contributed by atoms with Gasteiger partial charge in [0.1, 0.15) is 5.82 Å². The quantitative estimate of drug-likeness (QED) is 0.243. The van der Waals surface area contributed by atoms with Gasteiger partial charge >= 0.3 is 0 Å². The predicted octanol–water partition coefficient (Wildman–Crippen LogP) is 4.41. The highest BCUT2D eigenvalue weighted by atomic mass is 19.1. The summed E-state index contributed by atoms with van der Waals surface area (Å²) in [6, 6.07) is 10.3. The van der Waals surface area contributed by atoms with E-state index in [0.29, 0.717) is 29.5 Å². The van der Waals surface area contributed by atoms with Crippen molar-refractivity contribution in [1.29, 1.82) is 0 Å². The van der Waals surface area contributed by atoms with E-state index >= 15 is 0 Å². The van der Waals surface area contributed by atoms with Gasteiger partial charge in [0.05, 0.1) is 18.1 Å². The zero-order valence-corrected chi connectivity index (χ0v) is 23.1. The fourth-order valence-corrected chi connectivity index (χ4v) is 4.91. The first kappa shape index (κ1) is 27.4. The molecular formula is C29H36FN9O. The lowest BCUT2D eigenvalue weighted by atomic mass is 9.91. The molecule has 1 fully saturated rings. The number of aromatic nitrogens is 5. The van der Waals surface area contributed by atoms with Crippen molar-refractivity contribution in [3.05, 3.63) is 60.3 Å². The summed E-state index contributed by atoms with van der Waals surface area (Å²) < 4.78 is 15.6. The van der Waals surface area contributed by atoms with Crippen molar-refractivity contribution in [1.82, 2.24) is 29.8 Å². The van der Waals surface area contributed by atoms with Gasteiger partial charge in [0, 0.05) is 36.4 Å². The molecule has 5 N–H and O–H groups in total. The van der Waals surface area contributed by atoms with Gasteiger partial charge in [-0.3, -0.25) is 9.78 Å². The maximum Gasteiger partial charge on any atom is 0.236 e. The second-order valence-corrected chi connectivity index (χ2v) is 10.7. The largest absolute Gasteiger partial charge is 0.364 e. The van der Waals surface area contributed by atoms with E-state index in [1.807, 2.05) is 22.8 Å². The van der Waals surface area contributed by atoms with Crippen LogP contribution in [0, 0.1) is 5.82 Å². The first-order chi connectivity index (χ1) is 19.3. The number of hydrogen-bond donors (Lipinski definition) is 4. The van der Waals surface area contributed by atoms with Crippen molar-refractivity contribution < 1.29 is 9.18 Å². The summed E-state index contributed by atoms with van der Waals surface area (Å²) in [6.07, 6.45) is 7.08. The molecular weight excluding hydrogens is 509 g/mol. The molecule has 0 saturated heterocycles. The summed E-state index contributed by atoms with van der Waals surface area (Å²) in [5, 5.41) is 9.96. The molecule has 1 amide bonds. The molecule has 3 heterocycles. The summed E-state index contributed by atoms with van der Waals surface area (Å²) in [5.74, 6) is 0.782. The molecule has 0 radical (unpaired) electrons. The second-order valence-electron chi connectivity index (χ2n) is 10.7. The van der Waals surface area contributed by atoms with E-state index in [-0.39, 0.29) is 29.8 Å². The number of anilines is 2. The third kappa shape index (κ3) is 6.36. The molecule has 1 aromatic carbocycles. The lowest BCUT2D eigenvalue weighted by Gasteiger charge is -2.30. The normalized spacial score (nSPS) is 18.1. The van der Waals surface area contributed by atoms with Gasteiger partial charge in [-0.05, 0) is 70.2 Å². The number of carbonyl (C=O) groups excluding carboxylic acids is 1. The molecule has 4 aromatic rings. The van der Waals surface area contributed by atoms with Crippen LogP contribution in [0.5, 0.6) is 0 Å². The Morgan fingerprint density at radius 2 is 1.85 bits per heavy atom. The maximum atomic E-state index is 13.6. The number of imidazole rings is 1. The number of nitrogens with one attached hydrogen (secondary N) is 3. The van der Waals surface area contributed by atoms with Crippen LogP contribution in [0.3, 0.4) is 0 Å². The number of pyridine rings is 1. The maximum absolute atomic E-state index is 13.6. The van der Waals surface area contributed by atoms with Crippen molar-refractivity contribution in [2.24, 2.45) is 5.73 Å². The highest BCUT2D eigenvalue weighted by molar-refractivity contribution is 5.84. The zero-order valence-electron chi connectivity index (χ0n) is 23.1. The van der Waals surface area contributed by atoms with Crippen LogP contribution < -0.4 is 21.7 Å². The number of benzene rings is 1. The molecule has 0 bridgehead atoms. The van der Waals surface area contributed by atoms with E-state index in [1.165, 1.54) is 12.1 Å². The second kappa shape index (κ2) is 12.0. The first-order valence-electron chi connectivity index (χ1n) is 13.8. The van der Waals surface area contributed by atoms with E-state index < -0.39 is 6.04 Å². The lowest BCUT2D eigenvalue weighted by molar-refractivity contribution is -0.122. The summed E-state index contributed by atoms with van der Waals surface area (Å²) in [7, 11) is 0. The fourth-order valence-electron chi connectivity index (χ4n) is 4.91. The smallest absolute Gasteiger partial charge is 0.236 e. The number of halogens is 1. The Morgan fingerprint density at radius 1 is 1.07 bits per heavy atom. The third-order valence-electron chi connectivity index (χ3n) is 7.20. The molecule has 1 aliphatic rings. The topological polar surface area (TPSA) is 136 Å². The summed E-state index contributed by atoms with van der Waals surface area (Å²) in [5.41, 5.74) is 9.55. The predicted molar refractivity (Wildman–Crippen MR) is 154 cm³/mol. The van der Waals surface area contributed by atoms with E-state index in [9.17, 15) is 9.18 Å². The Balaban J connectivity index is 1.29. The van der Waals surface area contributed by atoms with Crippen molar-refractivity contribution in [3.8, 4) is 11.3 Å². The average molecular weight is 546 g/mol. The van der Waals surface area contributed by atoms with Gasteiger partial charge in [-0.25, -0.2) is 9.37 Å². The van der Waals surface area contributed by atoms with Gasteiger partial charge in [0.2, 0.25) is 11.9 Å². The molecule has 11 heteroatoms. The molecule has 210 valence electrons. The van der Waals surface area contributed by atoms with Crippen molar-refractivity contribution in [3.63, 3.8) is 0 Å². The molecule has 1 aliphatic carbocycles. The van der Waals surface area contributed by atoms with E-state index in [0.717, 1.165) is 42.5 Å². The summed E-state index contributed by atoms with van der Waals surface area (Å²) in [6.45, 7) is 6.36. The lowest BCUT2D eigenvalue weighted by Crippen LogP contribution is -2.46. The van der Waals surface area contributed by atoms with Crippen LogP contribution in [0.15, 0.2) is 48.9 Å². The van der Waals surface area contributed by atoms with Gasteiger partial charge in [0.15, 0.2) is 17.0 Å². The van der Waals surface area contributed by atoms with E-state index in [2.05, 4.69) is 39.8 Å². The van der Waals surface area contributed by atoms with Gasteiger partial charge in [-0.1, -0.05) is 18.2 Å². The van der Waals surface area contributed by atoms with Gasteiger partial charge in [-0.2, -0.15) is 9.97 Å². The van der Waals surface area contributed by atoms with Crippen molar-refractivity contribution in [2.75, 3.05) is 10.6 Å². The van der Waals surface area contributed by atoms with Gasteiger partial charge < -0.3 is 26.3 Å². The number of fused-ring (bicyclic) bond motifs is 1. The Bertz CT molecular complexity index is 1460. The van der Waals surface area contributed by atoms with Crippen LogP contribution in [0.2, 0.25) is 0 Å². The highest BCUT2D eigenvalue weighted by Crippen LogP contribution is 2.27. The van der Waals surface area contributed by atoms with Crippen molar-refractivity contribution in [2.45, 2.75) is 77.2 Å². The Labute approximate surface area is 233 Å². The standard InChI is InChI=1S/C29H36FN9O/c1-17(2)39-16-34-25-26(33-15-19-7-12-24(32-14-19)20-5-4-6-21(30)13-20)37-29(38-27(25)39)36-23-10-8-22(9-11-23)35-28(40)18(3)31/h4-7,12-14,16-18,22-23H,8-11,15,31H2,1-3H3,(H,35,40)(H2,33,36,37,38)/t18-,22?,23?/m0/s1. The number of hydrogen-bond acceptors (Lipinski definition) is 8. The van der Waals surface area contributed by atoms with Gasteiger partial charge in [-0.15, -0.1) is 0 Å². The number of nitrogens with zero attached hydrogens (tertiary/aromatic N) is 5. The van der Waals surface area contributed by atoms with Crippen LogP contribution in [0.4, 0.5) is 16.2 Å². The third-order valence-corrected chi connectivity index (χ3v) is 7.20. The van der Waals surface area contributed by atoms with E-state index in [1.54, 1.807) is 25.5 Å². The van der Waals surface area contributed by atoms with Crippen LogP contribution >= 0.6 is 0 Å². The number of carbonyl (C=O) groups is 1. The van der Waals surface area contributed by atoms with Gasteiger partial charge in [0.25, 0.3) is 0 Å². The molecule has 1 saturated carbocycles. The minimum absolute atomic E-state index is 0.110. The van der Waals surface area contributed by atoms with E-state index in [4.69, 9.17) is 15.7 Å². The molecule has 10 nitrogen and oxygen atoms in total. The van der Waals surface area contributed by atoms with Crippen molar-refractivity contribution >= 4 is 28.8 Å². The molecule has 3 aromatic heterocycles. The minimum Gasteiger partial charge on any atom is -0.364 e. The molecule has 0 aliphatic heterocycles. The average Bonchev–Trinajstić information content (AvgIpc) is 3.37. The molecule has 5 rings (SSSR count). The monoisotopic (exact) mass is 545 g/mol. The van der Waals surface area contributed by atoms with Crippen LogP contribution in [-0.2, 0) is 11.3 Å².